The van der Waals surface area contributed by atoms with Gasteiger partial charge in [-0.05, 0) is 49.9 Å². The molecular formula is C33H43N9O2. The van der Waals surface area contributed by atoms with Crippen molar-refractivity contribution in [3.05, 3.63) is 71.7 Å². The molecule has 4 aromatic rings. The molecule has 0 amide bonds. The molecule has 232 valence electrons. The van der Waals surface area contributed by atoms with Gasteiger partial charge in [0.15, 0.2) is 6.23 Å². The molecule has 1 unspecified atom stereocenters. The fourth-order valence-electron chi connectivity index (χ4n) is 6.65. The standard InChI is InChI=1S/C33H43N9O2/c1-41-26-7-5-4-6-21(26)18-27(41)33(44-3)40-25-13-8-22(19-28(25)43-2)30(34)29-31(35)37-20-38-32(29)39-23-9-11-24(12-10-23)42-16-14-36-15-17-42/h4-8,13,18-20,23-24,33-34,36,40H,9-12,14-17H2,1-3H3,(H3,35,37,38,39). The predicted octanol–water partition coefficient (Wildman–Crippen LogP) is 4.36. The SMILES string of the molecule is COc1cc(C(=N)c2c(N)ncnc2NC2CCC(N3CCNCC3)CC2)ccc1NC(OC)c1cc2ccccc2n1C. The Balaban J connectivity index is 1.18. The Kier molecular flexibility index (Phi) is 8.96. The Morgan fingerprint density at radius 1 is 1.05 bits per heavy atom. The first-order valence-electron chi connectivity index (χ1n) is 15.4. The highest BCUT2D eigenvalue weighted by Crippen LogP contribution is 2.34. The number of piperazine rings is 1. The van der Waals surface area contributed by atoms with E-state index >= 15 is 0 Å². The van der Waals surface area contributed by atoms with Crippen molar-refractivity contribution in [3.63, 3.8) is 0 Å². The van der Waals surface area contributed by atoms with Crippen LogP contribution in [0.15, 0.2) is 54.9 Å². The largest absolute Gasteiger partial charge is 0.495 e. The number of para-hydroxylation sites is 1. The molecule has 1 aliphatic carbocycles. The molecule has 2 aromatic heterocycles. The second-order valence-electron chi connectivity index (χ2n) is 11.7. The molecule has 44 heavy (non-hydrogen) atoms. The number of hydrogen-bond acceptors (Lipinski definition) is 10. The Morgan fingerprint density at radius 2 is 1.82 bits per heavy atom. The smallest absolute Gasteiger partial charge is 0.168 e. The van der Waals surface area contributed by atoms with Crippen LogP contribution in [0.1, 0.15) is 48.7 Å². The summed E-state index contributed by atoms with van der Waals surface area (Å²) in [5.74, 6) is 1.46. The molecule has 1 atom stereocenters. The van der Waals surface area contributed by atoms with E-state index in [9.17, 15) is 0 Å². The molecule has 0 radical (unpaired) electrons. The van der Waals surface area contributed by atoms with Gasteiger partial charge in [-0.1, -0.05) is 24.3 Å². The number of rotatable bonds is 10. The third kappa shape index (κ3) is 6.08. The zero-order valence-electron chi connectivity index (χ0n) is 25.8. The maximum Gasteiger partial charge on any atom is 0.168 e. The summed E-state index contributed by atoms with van der Waals surface area (Å²) in [5.41, 5.74) is 10.6. The average molecular weight is 598 g/mol. The molecular weight excluding hydrogens is 554 g/mol. The Bertz CT molecular complexity index is 1610. The topological polar surface area (TPSA) is 138 Å². The van der Waals surface area contributed by atoms with Crippen LogP contribution in [0, 0.1) is 5.41 Å². The summed E-state index contributed by atoms with van der Waals surface area (Å²) >= 11 is 0. The number of nitrogens with one attached hydrogen (secondary N) is 4. The number of benzene rings is 2. The van der Waals surface area contributed by atoms with Crippen LogP contribution in [-0.2, 0) is 11.8 Å². The minimum atomic E-state index is -0.415. The van der Waals surface area contributed by atoms with Crippen molar-refractivity contribution in [2.24, 2.45) is 7.05 Å². The number of methoxy groups -OCH3 is 2. The number of aryl methyl sites for hydroxylation is 1. The van der Waals surface area contributed by atoms with Gasteiger partial charge in [0.1, 0.15) is 23.7 Å². The summed E-state index contributed by atoms with van der Waals surface area (Å²) in [6.07, 6.45) is 5.46. The van der Waals surface area contributed by atoms with Crippen molar-refractivity contribution >= 4 is 33.9 Å². The van der Waals surface area contributed by atoms with Gasteiger partial charge in [0.2, 0.25) is 0 Å². The molecule has 6 N–H and O–H groups in total. The normalized spacial score (nSPS) is 19.9. The maximum absolute atomic E-state index is 9.16. The number of aromatic nitrogens is 3. The molecule has 0 bridgehead atoms. The second kappa shape index (κ2) is 13.2. The van der Waals surface area contributed by atoms with Gasteiger partial charge in [-0.15, -0.1) is 0 Å². The molecule has 1 saturated heterocycles. The number of nitrogen functional groups attached to an aromatic ring is 1. The molecule has 2 fully saturated rings. The highest BCUT2D eigenvalue weighted by molar-refractivity contribution is 6.16. The van der Waals surface area contributed by atoms with Gasteiger partial charge in [-0.3, -0.25) is 10.3 Å². The van der Waals surface area contributed by atoms with Gasteiger partial charge < -0.3 is 35.7 Å². The average Bonchev–Trinajstić information content (AvgIpc) is 3.40. The van der Waals surface area contributed by atoms with Gasteiger partial charge in [0.05, 0.1) is 29.8 Å². The van der Waals surface area contributed by atoms with E-state index in [0.29, 0.717) is 28.7 Å². The molecule has 11 nitrogen and oxygen atoms in total. The van der Waals surface area contributed by atoms with Crippen LogP contribution in [0.2, 0.25) is 0 Å². The second-order valence-corrected chi connectivity index (χ2v) is 11.7. The lowest BCUT2D eigenvalue weighted by Crippen LogP contribution is -2.50. The van der Waals surface area contributed by atoms with Crippen LogP contribution in [0.3, 0.4) is 0 Å². The van der Waals surface area contributed by atoms with Gasteiger partial charge in [0, 0.05) is 68.9 Å². The number of nitrogens with zero attached hydrogens (tertiary/aromatic N) is 4. The van der Waals surface area contributed by atoms with E-state index in [2.05, 4.69) is 53.6 Å². The number of hydrogen-bond donors (Lipinski definition) is 5. The van der Waals surface area contributed by atoms with E-state index in [4.69, 9.17) is 20.6 Å². The summed E-state index contributed by atoms with van der Waals surface area (Å²) < 4.78 is 13.8. The molecule has 1 saturated carbocycles. The fourth-order valence-corrected chi connectivity index (χ4v) is 6.65. The van der Waals surface area contributed by atoms with Crippen molar-refractivity contribution in [2.45, 2.75) is 44.0 Å². The van der Waals surface area contributed by atoms with Crippen LogP contribution >= 0.6 is 0 Å². The zero-order valence-corrected chi connectivity index (χ0v) is 25.8. The van der Waals surface area contributed by atoms with Gasteiger partial charge in [-0.25, -0.2) is 9.97 Å². The van der Waals surface area contributed by atoms with Crippen molar-refractivity contribution in [3.8, 4) is 5.75 Å². The summed E-state index contributed by atoms with van der Waals surface area (Å²) in [4.78, 5) is 11.4. The number of ether oxygens (including phenoxy) is 2. The van der Waals surface area contributed by atoms with E-state index in [1.54, 1.807) is 14.2 Å². The van der Waals surface area contributed by atoms with Crippen LogP contribution < -0.4 is 26.4 Å². The minimum Gasteiger partial charge on any atom is -0.495 e. The van der Waals surface area contributed by atoms with E-state index in [1.165, 1.54) is 6.33 Å². The first kappa shape index (κ1) is 29.9. The third-order valence-electron chi connectivity index (χ3n) is 9.10. The molecule has 1 aliphatic heterocycles. The fraction of sp³-hybridized carbons (Fsp3) is 0.424. The molecule has 11 heteroatoms. The van der Waals surface area contributed by atoms with Crippen molar-refractivity contribution in [2.75, 3.05) is 56.8 Å². The predicted molar refractivity (Wildman–Crippen MR) is 176 cm³/mol. The summed E-state index contributed by atoms with van der Waals surface area (Å²) in [6, 6.07) is 16.9. The number of fused-ring (bicyclic) bond motifs is 1. The quantitative estimate of drug-likeness (QED) is 0.133. The lowest BCUT2D eigenvalue weighted by molar-refractivity contribution is 0.121. The highest BCUT2D eigenvalue weighted by atomic mass is 16.5. The van der Waals surface area contributed by atoms with Crippen LogP contribution in [0.4, 0.5) is 17.3 Å². The van der Waals surface area contributed by atoms with Crippen LogP contribution in [0.5, 0.6) is 5.75 Å². The Morgan fingerprint density at radius 3 is 2.55 bits per heavy atom. The Labute approximate surface area is 258 Å². The minimum absolute atomic E-state index is 0.238. The molecule has 0 spiro atoms. The van der Waals surface area contributed by atoms with Gasteiger partial charge in [-0.2, -0.15) is 0 Å². The molecule has 3 heterocycles. The van der Waals surface area contributed by atoms with Crippen molar-refractivity contribution in [1.29, 1.82) is 5.41 Å². The van der Waals surface area contributed by atoms with E-state index < -0.39 is 6.23 Å². The maximum atomic E-state index is 9.16. The van der Waals surface area contributed by atoms with Gasteiger partial charge >= 0.3 is 0 Å². The monoisotopic (exact) mass is 597 g/mol. The highest BCUT2D eigenvalue weighted by Gasteiger charge is 2.28. The summed E-state index contributed by atoms with van der Waals surface area (Å²) in [7, 11) is 5.33. The number of anilines is 3. The van der Waals surface area contributed by atoms with E-state index in [0.717, 1.165) is 74.1 Å². The van der Waals surface area contributed by atoms with Crippen molar-refractivity contribution < 1.29 is 9.47 Å². The molecule has 2 aromatic carbocycles. The third-order valence-corrected chi connectivity index (χ3v) is 9.10. The lowest BCUT2D eigenvalue weighted by atomic mass is 9.89. The van der Waals surface area contributed by atoms with Crippen LogP contribution in [0.25, 0.3) is 10.9 Å². The lowest BCUT2D eigenvalue weighted by Gasteiger charge is -2.39. The first-order valence-corrected chi connectivity index (χ1v) is 15.4. The zero-order chi connectivity index (χ0) is 30.6. The van der Waals surface area contributed by atoms with Crippen molar-refractivity contribution in [1.82, 2.24) is 24.8 Å². The van der Waals surface area contributed by atoms with Crippen LogP contribution in [-0.4, -0.2) is 77.6 Å². The first-order chi connectivity index (χ1) is 21.5. The summed E-state index contributed by atoms with van der Waals surface area (Å²) in [5, 5.41) is 20.8. The van der Waals surface area contributed by atoms with Gasteiger partial charge in [0.25, 0.3) is 0 Å². The summed E-state index contributed by atoms with van der Waals surface area (Å²) in [6.45, 7) is 4.39. The Hall–Kier alpha value is -4.19. The number of nitrogens with two attached hydrogens (primary N) is 1. The molecule has 6 rings (SSSR count). The molecule has 2 aliphatic rings. The van der Waals surface area contributed by atoms with E-state index in [-0.39, 0.29) is 17.6 Å². The van der Waals surface area contributed by atoms with E-state index in [1.807, 2.05) is 37.4 Å².